The minimum Gasteiger partial charge on any atom is -0.351 e. The number of carbonyl (C=O) groups is 1. The van der Waals surface area contributed by atoms with Crippen molar-refractivity contribution in [2.45, 2.75) is 23.3 Å². The highest BCUT2D eigenvalue weighted by molar-refractivity contribution is 7.90. The summed E-state index contributed by atoms with van der Waals surface area (Å²) in [5, 5.41) is 3.12. The van der Waals surface area contributed by atoms with Gasteiger partial charge in [0.05, 0.1) is 4.90 Å². The molecular formula is C18H15ClFN3O3S. The topological polar surface area (TPSA) is 87.6 Å². The number of rotatable bonds is 4. The fourth-order valence-corrected chi connectivity index (χ4v) is 4.75. The molecule has 2 aromatic rings. The van der Waals surface area contributed by atoms with Gasteiger partial charge in [-0.25, -0.2) is 12.8 Å². The van der Waals surface area contributed by atoms with Crippen molar-refractivity contribution in [2.75, 3.05) is 6.54 Å². The Labute approximate surface area is 160 Å². The molecule has 0 unspecified atom stereocenters. The van der Waals surface area contributed by atoms with Crippen LogP contribution in [-0.2, 0) is 14.8 Å². The predicted octanol–water partition coefficient (Wildman–Crippen LogP) is 2.19. The molecule has 1 heterocycles. The molecule has 0 radical (unpaired) electrons. The van der Waals surface area contributed by atoms with E-state index >= 15 is 0 Å². The van der Waals surface area contributed by atoms with E-state index in [9.17, 15) is 17.6 Å². The number of halogens is 2. The first-order valence-corrected chi connectivity index (χ1v) is 10.1. The number of hydrogen-bond acceptors (Lipinski definition) is 4. The molecule has 27 heavy (non-hydrogen) atoms. The van der Waals surface area contributed by atoms with E-state index in [2.05, 4.69) is 15.0 Å². The number of carbonyl (C=O) groups excluding carboxylic acids is 1. The molecule has 0 aromatic heterocycles. The van der Waals surface area contributed by atoms with E-state index in [1.54, 1.807) is 24.3 Å². The molecule has 6 nitrogen and oxygen atoms in total. The SMILES string of the molecule is O=C(CN=C1NS(=O)(=O)c2ccccc21)N[C@@H]1C[C@H]1c1c(F)cccc1Cl. The van der Waals surface area contributed by atoms with E-state index in [0.717, 1.165) is 0 Å². The largest absolute Gasteiger partial charge is 0.351 e. The second-order valence-electron chi connectivity index (χ2n) is 6.42. The van der Waals surface area contributed by atoms with Gasteiger partial charge in [0.2, 0.25) is 5.91 Å². The van der Waals surface area contributed by atoms with Crippen LogP contribution in [0.2, 0.25) is 5.02 Å². The zero-order valence-corrected chi connectivity index (χ0v) is 15.5. The van der Waals surface area contributed by atoms with Crippen molar-refractivity contribution in [3.05, 3.63) is 64.4 Å². The Morgan fingerprint density at radius 2 is 2.04 bits per heavy atom. The lowest BCUT2D eigenvalue weighted by Gasteiger charge is -2.06. The Balaban J connectivity index is 1.41. The molecule has 1 fully saturated rings. The van der Waals surface area contributed by atoms with Gasteiger partial charge in [-0.15, -0.1) is 0 Å². The summed E-state index contributed by atoms with van der Waals surface area (Å²) in [6.07, 6.45) is 0.596. The Bertz CT molecular complexity index is 1050. The first-order chi connectivity index (χ1) is 12.9. The highest BCUT2D eigenvalue weighted by Gasteiger charge is 2.42. The normalized spacial score (nSPS) is 23.6. The van der Waals surface area contributed by atoms with Crippen molar-refractivity contribution in [3.63, 3.8) is 0 Å². The van der Waals surface area contributed by atoms with Crippen LogP contribution in [-0.4, -0.2) is 32.7 Å². The lowest BCUT2D eigenvalue weighted by atomic mass is 10.1. The number of amides is 1. The first-order valence-electron chi connectivity index (χ1n) is 8.27. The van der Waals surface area contributed by atoms with Gasteiger partial charge in [0, 0.05) is 28.1 Å². The third-order valence-electron chi connectivity index (χ3n) is 4.55. The Hall–Kier alpha value is -2.45. The molecule has 2 atom stereocenters. The van der Waals surface area contributed by atoms with Gasteiger partial charge >= 0.3 is 0 Å². The van der Waals surface area contributed by atoms with Gasteiger partial charge in [-0.3, -0.25) is 14.5 Å². The summed E-state index contributed by atoms with van der Waals surface area (Å²) >= 11 is 6.05. The molecule has 1 amide bonds. The first kappa shape index (κ1) is 17.9. The standard InChI is InChI=1S/C18H15ClFN3O3S/c19-12-5-3-6-13(20)17(12)11-8-14(11)22-16(24)9-21-18-10-4-1-2-7-15(10)27(25,26)23-18/h1-7,11,14H,8-9H2,(H,21,23)(H,22,24)/t11-,14-/m1/s1. The molecule has 0 saturated heterocycles. The summed E-state index contributed by atoms with van der Waals surface area (Å²) in [6.45, 7) is -0.236. The summed E-state index contributed by atoms with van der Waals surface area (Å²) in [5.74, 6) is -0.779. The zero-order valence-electron chi connectivity index (χ0n) is 13.9. The van der Waals surface area contributed by atoms with E-state index in [0.29, 0.717) is 22.6 Å². The fraction of sp³-hybridized carbons (Fsp3) is 0.222. The van der Waals surface area contributed by atoms with Crippen LogP contribution in [0.3, 0.4) is 0 Å². The molecule has 4 rings (SSSR count). The van der Waals surface area contributed by atoms with Crippen LogP contribution in [0.5, 0.6) is 0 Å². The molecule has 1 saturated carbocycles. The Kier molecular flexibility index (Phi) is 4.39. The maximum atomic E-state index is 13.9. The molecule has 0 spiro atoms. The average Bonchev–Trinajstić information content (AvgIpc) is 3.30. The summed E-state index contributed by atoms with van der Waals surface area (Å²) in [4.78, 5) is 16.4. The van der Waals surface area contributed by atoms with Crippen molar-refractivity contribution >= 4 is 33.4 Å². The smallest absolute Gasteiger partial charge is 0.263 e. The van der Waals surface area contributed by atoms with Crippen molar-refractivity contribution < 1.29 is 17.6 Å². The minimum absolute atomic E-state index is 0.139. The monoisotopic (exact) mass is 407 g/mol. The van der Waals surface area contributed by atoms with Crippen LogP contribution in [0.25, 0.3) is 0 Å². The maximum Gasteiger partial charge on any atom is 0.263 e. The van der Waals surface area contributed by atoms with E-state index < -0.39 is 10.0 Å². The average molecular weight is 408 g/mol. The van der Waals surface area contributed by atoms with Gasteiger partial charge in [0.15, 0.2) is 0 Å². The summed E-state index contributed by atoms with van der Waals surface area (Å²) in [5.41, 5.74) is 0.848. The number of nitrogens with zero attached hydrogens (tertiary/aromatic N) is 1. The second-order valence-corrected chi connectivity index (χ2v) is 8.48. The molecular weight excluding hydrogens is 393 g/mol. The highest BCUT2D eigenvalue weighted by Crippen LogP contribution is 2.44. The predicted molar refractivity (Wildman–Crippen MR) is 98.9 cm³/mol. The van der Waals surface area contributed by atoms with Crippen LogP contribution in [0.1, 0.15) is 23.5 Å². The fourth-order valence-electron chi connectivity index (χ4n) is 3.19. The zero-order chi connectivity index (χ0) is 19.2. The van der Waals surface area contributed by atoms with E-state index in [1.807, 2.05) is 0 Å². The Morgan fingerprint density at radius 1 is 1.26 bits per heavy atom. The van der Waals surface area contributed by atoms with Crippen LogP contribution in [0, 0.1) is 5.82 Å². The van der Waals surface area contributed by atoms with Gasteiger partial charge in [0.1, 0.15) is 18.2 Å². The van der Waals surface area contributed by atoms with Crippen LogP contribution < -0.4 is 10.0 Å². The Morgan fingerprint density at radius 3 is 2.81 bits per heavy atom. The number of amidine groups is 1. The molecule has 2 N–H and O–H groups in total. The highest BCUT2D eigenvalue weighted by atomic mass is 35.5. The van der Waals surface area contributed by atoms with Gasteiger partial charge in [-0.2, -0.15) is 0 Å². The summed E-state index contributed by atoms with van der Waals surface area (Å²) < 4.78 is 40.3. The lowest BCUT2D eigenvalue weighted by Crippen LogP contribution is -2.30. The maximum absolute atomic E-state index is 13.9. The van der Waals surface area contributed by atoms with Gasteiger partial charge in [0.25, 0.3) is 10.0 Å². The van der Waals surface area contributed by atoms with Gasteiger partial charge in [-0.1, -0.05) is 29.8 Å². The number of aliphatic imine (C=N–C) groups is 1. The number of benzene rings is 2. The number of hydrogen-bond donors (Lipinski definition) is 2. The molecule has 2 aliphatic rings. The lowest BCUT2D eigenvalue weighted by molar-refractivity contribution is -0.119. The molecule has 140 valence electrons. The number of fused-ring (bicyclic) bond motifs is 1. The van der Waals surface area contributed by atoms with E-state index in [1.165, 1.54) is 18.2 Å². The quantitative estimate of drug-likeness (QED) is 0.814. The van der Waals surface area contributed by atoms with Gasteiger partial charge in [-0.05, 0) is 30.7 Å². The molecule has 2 aromatic carbocycles. The van der Waals surface area contributed by atoms with Gasteiger partial charge < -0.3 is 5.32 Å². The molecule has 1 aliphatic heterocycles. The van der Waals surface area contributed by atoms with Crippen molar-refractivity contribution in [2.24, 2.45) is 4.99 Å². The minimum atomic E-state index is -3.64. The summed E-state index contributed by atoms with van der Waals surface area (Å²) in [6, 6.07) is 10.7. The third-order valence-corrected chi connectivity index (χ3v) is 6.28. The number of sulfonamides is 1. The van der Waals surface area contributed by atoms with Crippen molar-refractivity contribution in [3.8, 4) is 0 Å². The van der Waals surface area contributed by atoms with Crippen LogP contribution in [0.15, 0.2) is 52.4 Å². The van der Waals surface area contributed by atoms with Crippen molar-refractivity contribution in [1.29, 1.82) is 0 Å². The molecule has 9 heteroatoms. The van der Waals surface area contributed by atoms with Crippen LogP contribution >= 0.6 is 11.6 Å². The number of nitrogens with one attached hydrogen (secondary N) is 2. The van der Waals surface area contributed by atoms with E-state index in [4.69, 9.17) is 11.6 Å². The van der Waals surface area contributed by atoms with E-state index in [-0.39, 0.29) is 41.0 Å². The summed E-state index contributed by atoms with van der Waals surface area (Å²) in [7, 11) is -3.64. The molecule has 0 bridgehead atoms. The van der Waals surface area contributed by atoms with Crippen molar-refractivity contribution in [1.82, 2.24) is 10.0 Å². The third kappa shape index (κ3) is 3.42. The van der Waals surface area contributed by atoms with Crippen LogP contribution in [0.4, 0.5) is 4.39 Å². The second kappa shape index (κ2) is 6.61. The molecule has 1 aliphatic carbocycles.